The second-order valence-corrected chi connectivity index (χ2v) is 24.0. The minimum atomic E-state index is -0.486. The average molecular weight is 1080 g/mol. The molecule has 0 spiro atoms. The Kier molecular flexibility index (Phi) is 24.3. The highest BCUT2D eigenvalue weighted by Crippen LogP contribution is 2.20. The Hall–Kier alpha value is -1.63. The lowest BCUT2D eigenvalue weighted by molar-refractivity contribution is -0.121. The van der Waals surface area contributed by atoms with E-state index in [1.54, 1.807) is 6.20 Å². The lowest BCUT2D eigenvalue weighted by Crippen LogP contribution is -2.33. The molecule has 2 aromatic heterocycles. The van der Waals surface area contributed by atoms with Gasteiger partial charge in [-0.25, -0.2) is 14.8 Å². The van der Waals surface area contributed by atoms with Crippen molar-refractivity contribution < 1.29 is 14.3 Å². The number of halogens is 5. The normalized spacial score (nSPS) is 10.6. The van der Waals surface area contributed by atoms with E-state index in [9.17, 15) is 9.59 Å². The molecule has 4 rings (SSSR count). The first-order valence-corrected chi connectivity index (χ1v) is 21.0. The number of aromatic amines is 2. The van der Waals surface area contributed by atoms with Gasteiger partial charge in [0.1, 0.15) is 17.2 Å². The summed E-state index contributed by atoms with van der Waals surface area (Å²) in [5.41, 5.74) is 3.45. The van der Waals surface area contributed by atoms with Crippen LogP contribution in [0, 0.1) is 0 Å². The molecule has 51 heavy (non-hydrogen) atoms. The molecule has 0 aliphatic rings. The van der Waals surface area contributed by atoms with E-state index < -0.39 is 11.7 Å². The Morgan fingerprint density at radius 2 is 1.20 bits per heavy atom. The van der Waals surface area contributed by atoms with Crippen LogP contribution in [0.5, 0.6) is 0 Å². The molecule has 9 nitrogen and oxygen atoms in total. The van der Waals surface area contributed by atoms with Crippen LogP contribution < -0.4 is 10.6 Å². The van der Waals surface area contributed by atoms with Crippen molar-refractivity contribution in [3.8, 4) is 22.8 Å². The van der Waals surface area contributed by atoms with Gasteiger partial charge in [-0.15, -0.1) is 0 Å². The van der Waals surface area contributed by atoms with Gasteiger partial charge in [0.05, 0.1) is 0 Å². The fourth-order valence-electron chi connectivity index (χ4n) is 4.41. The summed E-state index contributed by atoms with van der Waals surface area (Å²) >= 11 is 18.7. The van der Waals surface area contributed by atoms with E-state index in [0.717, 1.165) is 53.4 Å². The molecule has 0 aliphatic carbocycles. The Labute approximate surface area is 354 Å². The number of hydrogen-bond acceptors (Lipinski definition) is 5. The topological polar surface area (TPSA) is 125 Å². The molecule has 14 heteroatoms. The number of benzene rings is 2. The highest BCUT2D eigenvalue weighted by Gasteiger charge is 2.15. The number of aromatic nitrogens is 4. The van der Waals surface area contributed by atoms with Crippen LogP contribution in [0.2, 0.25) is 10.0 Å². The lowest BCUT2D eigenvalue weighted by Gasteiger charge is -2.19. The first-order chi connectivity index (χ1) is 23.8. The first-order valence-electron chi connectivity index (χ1n) is 16.5. The Morgan fingerprint density at radius 1 is 0.765 bits per heavy atom. The SMILES string of the molecule is C.CC(C)(C)OC(=O)NCCc1cnc(-c2ccc(Cl)cc2)[nH]1.CCCCCCCC(=O)NCCc1cnc(-c2ccc(Cl)cc2)[nH]1.IC(I)I. The molecule has 0 bridgehead atoms. The molecular formula is C37H51Cl2I3N6O3. The van der Waals surface area contributed by atoms with Gasteiger partial charge >= 0.3 is 6.09 Å². The molecule has 0 atom stereocenters. The van der Waals surface area contributed by atoms with Crippen LogP contribution >= 0.6 is 91.0 Å². The lowest BCUT2D eigenvalue weighted by atomic mass is 10.1. The summed E-state index contributed by atoms with van der Waals surface area (Å²) in [4.78, 5) is 38.5. The van der Waals surface area contributed by atoms with Gasteiger partial charge in [0.15, 0.2) is 0 Å². The fraction of sp³-hybridized carbons (Fsp3) is 0.459. The molecule has 4 aromatic rings. The monoisotopic (exact) mass is 1080 g/mol. The predicted molar refractivity (Wildman–Crippen MR) is 239 cm³/mol. The van der Waals surface area contributed by atoms with Gasteiger partial charge in [-0.1, -0.05) is 131 Å². The molecular weight excluding hydrogens is 1030 g/mol. The number of hydrogen-bond donors (Lipinski definition) is 4. The number of rotatable bonds is 14. The van der Waals surface area contributed by atoms with Crippen molar-refractivity contribution in [3.63, 3.8) is 0 Å². The number of carbonyl (C=O) groups is 2. The van der Waals surface area contributed by atoms with Gasteiger partial charge in [-0.05, 0) is 75.7 Å². The summed E-state index contributed by atoms with van der Waals surface area (Å²) in [6.07, 6.45) is 11.1. The van der Waals surface area contributed by atoms with E-state index in [1.165, 1.54) is 19.3 Å². The molecule has 0 radical (unpaired) electrons. The van der Waals surface area contributed by atoms with Crippen LogP contribution in [0.1, 0.15) is 85.0 Å². The van der Waals surface area contributed by atoms with Crippen molar-refractivity contribution in [2.75, 3.05) is 13.1 Å². The number of unbranched alkanes of at least 4 members (excludes halogenated alkanes) is 4. The average Bonchev–Trinajstić information content (AvgIpc) is 3.71. The van der Waals surface area contributed by atoms with Crippen molar-refractivity contribution in [1.82, 2.24) is 30.6 Å². The molecule has 2 amide bonds. The largest absolute Gasteiger partial charge is 0.444 e. The van der Waals surface area contributed by atoms with Crippen molar-refractivity contribution in [2.45, 2.75) is 92.0 Å². The van der Waals surface area contributed by atoms with Crippen LogP contribution in [0.15, 0.2) is 60.9 Å². The molecule has 2 heterocycles. The summed E-state index contributed by atoms with van der Waals surface area (Å²) in [6, 6.07) is 15.0. The third-order valence-corrected chi connectivity index (χ3v) is 7.28. The molecule has 0 unspecified atom stereocenters. The van der Waals surface area contributed by atoms with Gasteiger partial charge in [0.2, 0.25) is 5.91 Å². The van der Waals surface area contributed by atoms with Crippen molar-refractivity contribution >= 4 is 103 Å². The van der Waals surface area contributed by atoms with Crippen LogP contribution in [0.25, 0.3) is 22.8 Å². The van der Waals surface area contributed by atoms with E-state index in [0.29, 0.717) is 36.0 Å². The number of imidazole rings is 2. The smallest absolute Gasteiger partial charge is 0.407 e. The van der Waals surface area contributed by atoms with Crippen LogP contribution in [-0.4, -0.2) is 50.6 Å². The van der Waals surface area contributed by atoms with Gasteiger partial charge < -0.3 is 25.3 Å². The number of nitrogens with one attached hydrogen (secondary N) is 4. The Morgan fingerprint density at radius 3 is 1.63 bits per heavy atom. The molecule has 0 fully saturated rings. The summed E-state index contributed by atoms with van der Waals surface area (Å²) in [7, 11) is 0. The summed E-state index contributed by atoms with van der Waals surface area (Å²) in [5.74, 6) is 1.75. The first kappa shape index (κ1) is 47.4. The quantitative estimate of drug-likeness (QED) is 0.0569. The van der Waals surface area contributed by atoms with Gasteiger partial charge in [0.25, 0.3) is 0 Å². The molecule has 0 aliphatic heterocycles. The van der Waals surface area contributed by atoms with Crippen LogP contribution in [0.3, 0.4) is 0 Å². The number of carbonyl (C=O) groups excluding carboxylic acids is 2. The van der Waals surface area contributed by atoms with E-state index in [4.69, 9.17) is 27.9 Å². The third-order valence-electron chi connectivity index (χ3n) is 6.78. The molecule has 0 saturated heterocycles. The van der Waals surface area contributed by atoms with Crippen molar-refractivity contribution in [2.24, 2.45) is 0 Å². The van der Waals surface area contributed by atoms with Crippen LogP contribution in [-0.2, 0) is 22.4 Å². The molecule has 282 valence electrons. The maximum atomic E-state index is 11.8. The number of ether oxygens (including phenoxy) is 1. The number of nitrogens with zero attached hydrogens (tertiary/aromatic N) is 2. The zero-order chi connectivity index (χ0) is 36.9. The standard InChI is InChI=1S/C19H26ClN3O.C16H20ClN3O2.CHI3.CH4/c1-2-3-4-5-6-7-18(24)21-13-12-17-14-22-19(23-17)15-8-10-16(20)11-9-15;1-16(2,3)22-15(21)18-9-8-13-10-19-14(20-13)11-4-6-12(17)7-5-11;2-1(3)4;/h8-11,14H,2-7,12-13H2,1H3,(H,21,24)(H,22,23);4-7,10H,8-9H2,1-3H3,(H,18,21)(H,19,20);1H;1H4. The second kappa shape index (κ2) is 26.2. The number of alkyl halides is 3. The molecule has 0 saturated carbocycles. The molecule has 4 N–H and O–H groups in total. The maximum absolute atomic E-state index is 11.8. The number of amides is 2. The highest BCUT2D eigenvalue weighted by atomic mass is 127. The zero-order valence-corrected chi connectivity index (χ0v) is 36.9. The minimum Gasteiger partial charge on any atom is -0.444 e. The van der Waals surface area contributed by atoms with Crippen molar-refractivity contribution in [3.05, 3.63) is 82.4 Å². The van der Waals surface area contributed by atoms with Gasteiger partial charge in [-0.2, -0.15) is 0 Å². The van der Waals surface area contributed by atoms with Crippen molar-refractivity contribution in [1.29, 1.82) is 0 Å². The van der Waals surface area contributed by atoms with E-state index in [-0.39, 0.29) is 13.3 Å². The highest BCUT2D eigenvalue weighted by molar-refractivity contribution is 14.3. The third kappa shape index (κ3) is 22.2. The summed E-state index contributed by atoms with van der Waals surface area (Å²) < 4.78 is 5.92. The molecule has 2 aromatic carbocycles. The Balaban J connectivity index is 0.000000455. The fourth-order valence-corrected chi connectivity index (χ4v) is 4.66. The zero-order valence-electron chi connectivity index (χ0n) is 28.9. The van der Waals surface area contributed by atoms with Gasteiger partial charge in [-0.3, -0.25) is 4.79 Å². The second-order valence-electron chi connectivity index (χ2n) is 12.2. The number of H-pyrrole nitrogens is 2. The Bertz CT molecular complexity index is 1540. The maximum Gasteiger partial charge on any atom is 0.407 e. The number of alkyl carbamates (subject to hydrolysis) is 1. The van der Waals surface area contributed by atoms with E-state index in [1.807, 2.05) is 75.5 Å². The summed E-state index contributed by atoms with van der Waals surface area (Å²) in [6.45, 7) is 8.81. The minimum absolute atomic E-state index is 0. The van der Waals surface area contributed by atoms with E-state index in [2.05, 4.69) is 105 Å². The summed E-state index contributed by atoms with van der Waals surface area (Å²) in [5, 5.41) is 7.09. The van der Waals surface area contributed by atoms with Gasteiger partial charge in [0, 0.05) is 77.3 Å². The van der Waals surface area contributed by atoms with Crippen LogP contribution in [0.4, 0.5) is 4.79 Å². The van der Waals surface area contributed by atoms with E-state index >= 15 is 0 Å². The predicted octanol–water partition coefficient (Wildman–Crippen LogP) is 11.8.